The zero-order valence-corrected chi connectivity index (χ0v) is 16.2. The van der Waals surface area contributed by atoms with Gasteiger partial charge >= 0.3 is 0 Å². The molecule has 3 aromatic rings. The number of aromatic nitrogens is 2. The second-order valence-electron chi connectivity index (χ2n) is 7.76. The lowest BCUT2D eigenvalue weighted by Crippen LogP contribution is -2.45. The van der Waals surface area contributed by atoms with Crippen molar-refractivity contribution < 1.29 is 14.3 Å². The highest BCUT2D eigenvalue weighted by molar-refractivity contribution is 6.00. The summed E-state index contributed by atoms with van der Waals surface area (Å²) in [4.78, 5) is 26.9. The molecule has 0 bridgehead atoms. The van der Waals surface area contributed by atoms with E-state index in [1.54, 1.807) is 29.0 Å². The Kier molecular flexibility index (Phi) is 4.23. The van der Waals surface area contributed by atoms with Gasteiger partial charge in [-0.25, -0.2) is 0 Å². The first-order valence-corrected chi connectivity index (χ1v) is 9.81. The fourth-order valence-electron chi connectivity index (χ4n) is 4.25. The van der Waals surface area contributed by atoms with Gasteiger partial charge in [-0.1, -0.05) is 30.3 Å². The minimum atomic E-state index is -0.364. The molecule has 1 N–H and O–H groups in total. The number of hydrogen-bond acceptors (Lipinski definition) is 4. The Morgan fingerprint density at radius 1 is 1.21 bits per heavy atom. The van der Waals surface area contributed by atoms with Crippen LogP contribution >= 0.6 is 0 Å². The van der Waals surface area contributed by atoms with Crippen LogP contribution in [0.5, 0.6) is 5.75 Å². The largest absolute Gasteiger partial charge is 0.491 e. The normalized spacial score (nSPS) is 21.1. The first-order valence-electron chi connectivity index (χ1n) is 9.81. The van der Waals surface area contributed by atoms with E-state index in [-0.39, 0.29) is 30.2 Å². The van der Waals surface area contributed by atoms with Crippen molar-refractivity contribution in [2.75, 3.05) is 18.1 Å². The van der Waals surface area contributed by atoms with Crippen LogP contribution in [0.1, 0.15) is 12.0 Å². The van der Waals surface area contributed by atoms with Gasteiger partial charge in [-0.3, -0.25) is 14.3 Å². The number of anilines is 1. The van der Waals surface area contributed by atoms with E-state index in [1.165, 1.54) is 0 Å². The minimum Gasteiger partial charge on any atom is -0.491 e. The molecule has 1 saturated heterocycles. The molecule has 0 spiro atoms. The summed E-state index contributed by atoms with van der Waals surface area (Å²) in [5.41, 5.74) is 1.85. The molecule has 2 atom stereocenters. The van der Waals surface area contributed by atoms with Gasteiger partial charge in [-0.15, -0.1) is 0 Å². The van der Waals surface area contributed by atoms with Gasteiger partial charge in [0.05, 0.1) is 23.8 Å². The van der Waals surface area contributed by atoms with Gasteiger partial charge in [-0.2, -0.15) is 5.10 Å². The maximum absolute atomic E-state index is 12.9. The first kappa shape index (κ1) is 17.7. The van der Waals surface area contributed by atoms with E-state index in [4.69, 9.17) is 4.74 Å². The number of amides is 2. The number of carbonyl (C=O) groups excluding carboxylic acids is 2. The predicted molar refractivity (Wildman–Crippen MR) is 109 cm³/mol. The van der Waals surface area contributed by atoms with E-state index in [9.17, 15) is 9.59 Å². The Morgan fingerprint density at radius 2 is 2.07 bits per heavy atom. The summed E-state index contributed by atoms with van der Waals surface area (Å²) in [6.45, 7) is 0.813. The molecule has 2 aliphatic rings. The summed E-state index contributed by atoms with van der Waals surface area (Å²) in [6, 6.07) is 12.1. The fourth-order valence-corrected chi connectivity index (χ4v) is 4.25. The molecule has 1 fully saturated rings. The third-order valence-corrected chi connectivity index (χ3v) is 5.73. The third-order valence-electron chi connectivity index (χ3n) is 5.73. The number of rotatable bonds is 3. The SMILES string of the molecule is Cn1cc(N2CC(C(=O)NC3COc4ccc5ccccc5c4C3)CC2=O)cn1. The quantitative estimate of drug-likeness (QED) is 0.743. The second kappa shape index (κ2) is 6.92. The summed E-state index contributed by atoms with van der Waals surface area (Å²) in [5.74, 6) is 0.376. The first-order chi connectivity index (χ1) is 14.1. The highest BCUT2D eigenvalue weighted by Gasteiger charge is 2.36. The van der Waals surface area contributed by atoms with Crippen molar-refractivity contribution in [1.82, 2.24) is 15.1 Å². The Morgan fingerprint density at radius 3 is 2.90 bits per heavy atom. The maximum atomic E-state index is 12.9. The molecule has 7 nitrogen and oxygen atoms in total. The van der Waals surface area contributed by atoms with Gasteiger partial charge in [-0.05, 0) is 16.8 Å². The van der Waals surface area contributed by atoms with E-state index >= 15 is 0 Å². The van der Waals surface area contributed by atoms with Crippen molar-refractivity contribution >= 4 is 28.3 Å². The van der Waals surface area contributed by atoms with Crippen molar-refractivity contribution in [2.24, 2.45) is 13.0 Å². The second-order valence-corrected chi connectivity index (χ2v) is 7.76. The lowest BCUT2D eigenvalue weighted by Gasteiger charge is -2.28. The molecule has 0 radical (unpaired) electrons. The zero-order valence-electron chi connectivity index (χ0n) is 16.2. The number of nitrogens with one attached hydrogen (secondary N) is 1. The van der Waals surface area contributed by atoms with E-state index < -0.39 is 0 Å². The molecule has 29 heavy (non-hydrogen) atoms. The van der Waals surface area contributed by atoms with E-state index in [2.05, 4.69) is 28.6 Å². The predicted octanol–water partition coefficient (Wildman–Crippen LogP) is 2.05. The zero-order chi connectivity index (χ0) is 20.0. The summed E-state index contributed by atoms with van der Waals surface area (Å²) in [5, 5.41) is 9.53. The molecule has 0 saturated carbocycles. The van der Waals surface area contributed by atoms with Gasteiger partial charge < -0.3 is 15.0 Å². The molecule has 2 aromatic carbocycles. The van der Waals surface area contributed by atoms with Crippen molar-refractivity contribution in [3.8, 4) is 5.75 Å². The van der Waals surface area contributed by atoms with Crippen LogP contribution in [0, 0.1) is 5.92 Å². The van der Waals surface area contributed by atoms with Crippen LogP contribution in [0.3, 0.4) is 0 Å². The molecular weight excluding hydrogens is 368 g/mol. The molecule has 1 aromatic heterocycles. The lowest BCUT2D eigenvalue weighted by molar-refractivity contribution is -0.127. The lowest BCUT2D eigenvalue weighted by atomic mass is 9.95. The Labute approximate surface area is 168 Å². The van der Waals surface area contributed by atoms with Gasteiger partial charge in [0.1, 0.15) is 12.4 Å². The molecule has 5 rings (SSSR count). The van der Waals surface area contributed by atoms with Gasteiger partial charge in [0.2, 0.25) is 11.8 Å². The molecule has 148 valence electrons. The number of benzene rings is 2. The number of fused-ring (bicyclic) bond motifs is 3. The van der Waals surface area contributed by atoms with Crippen molar-refractivity contribution in [3.05, 3.63) is 54.4 Å². The monoisotopic (exact) mass is 390 g/mol. The van der Waals surface area contributed by atoms with E-state index in [0.29, 0.717) is 13.2 Å². The number of aryl methyl sites for hydroxylation is 1. The Balaban J connectivity index is 1.29. The van der Waals surface area contributed by atoms with Crippen LogP contribution in [-0.2, 0) is 23.1 Å². The standard InChI is InChI=1S/C22H22N4O3/c1-25-12-17(10-23-25)26-11-15(8-21(26)27)22(28)24-16-9-19-18-5-3-2-4-14(18)6-7-20(19)29-13-16/h2-7,10,12,15-16H,8-9,11,13H2,1H3,(H,24,28). The van der Waals surface area contributed by atoms with Gasteiger partial charge in [0.15, 0.2) is 0 Å². The molecular formula is C22H22N4O3. The van der Waals surface area contributed by atoms with Crippen molar-refractivity contribution in [2.45, 2.75) is 18.9 Å². The van der Waals surface area contributed by atoms with Crippen LogP contribution in [0.2, 0.25) is 0 Å². The highest BCUT2D eigenvalue weighted by atomic mass is 16.5. The highest BCUT2D eigenvalue weighted by Crippen LogP contribution is 2.32. The summed E-state index contributed by atoms with van der Waals surface area (Å²) >= 11 is 0. The Bertz CT molecular complexity index is 1110. The van der Waals surface area contributed by atoms with Crippen LogP contribution < -0.4 is 15.0 Å². The number of nitrogens with zero attached hydrogens (tertiary/aromatic N) is 3. The average Bonchev–Trinajstić information content (AvgIpc) is 3.33. The van der Waals surface area contributed by atoms with Crippen molar-refractivity contribution in [1.29, 1.82) is 0 Å². The smallest absolute Gasteiger partial charge is 0.227 e. The summed E-state index contributed by atoms with van der Waals surface area (Å²) in [7, 11) is 1.80. The summed E-state index contributed by atoms with van der Waals surface area (Å²) < 4.78 is 7.57. The van der Waals surface area contributed by atoms with E-state index in [1.807, 2.05) is 18.2 Å². The Hall–Kier alpha value is -3.35. The molecule has 3 heterocycles. The molecule has 7 heteroatoms. The van der Waals surface area contributed by atoms with Crippen LogP contribution in [0.4, 0.5) is 5.69 Å². The van der Waals surface area contributed by atoms with Crippen LogP contribution in [0.25, 0.3) is 10.8 Å². The maximum Gasteiger partial charge on any atom is 0.227 e. The molecule has 2 amide bonds. The number of carbonyl (C=O) groups is 2. The number of ether oxygens (including phenoxy) is 1. The topological polar surface area (TPSA) is 76.5 Å². The minimum absolute atomic E-state index is 0.0469. The van der Waals surface area contributed by atoms with Crippen LogP contribution in [-0.4, -0.2) is 40.8 Å². The molecule has 0 aliphatic carbocycles. The molecule has 2 unspecified atom stereocenters. The average molecular weight is 390 g/mol. The van der Waals surface area contributed by atoms with E-state index in [0.717, 1.165) is 34.2 Å². The van der Waals surface area contributed by atoms with Gasteiger partial charge in [0.25, 0.3) is 0 Å². The fraction of sp³-hybridized carbons (Fsp3) is 0.318. The number of hydrogen-bond donors (Lipinski definition) is 1. The van der Waals surface area contributed by atoms with Crippen LogP contribution in [0.15, 0.2) is 48.8 Å². The molecule has 2 aliphatic heterocycles. The van der Waals surface area contributed by atoms with Gasteiger partial charge in [0, 0.05) is 38.2 Å². The third kappa shape index (κ3) is 3.22. The summed E-state index contributed by atoms with van der Waals surface area (Å²) in [6.07, 6.45) is 4.37. The van der Waals surface area contributed by atoms with Crippen molar-refractivity contribution in [3.63, 3.8) is 0 Å².